The van der Waals surface area contributed by atoms with Gasteiger partial charge in [-0.1, -0.05) is 30.0 Å². The Balaban J connectivity index is 2.20. The van der Waals surface area contributed by atoms with Crippen molar-refractivity contribution in [3.63, 3.8) is 0 Å². The van der Waals surface area contributed by atoms with Gasteiger partial charge in [0, 0.05) is 13.0 Å². The number of hydrogen-bond donors (Lipinski definition) is 2. The Hall–Kier alpha value is -2.06. The fourth-order valence-corrected chi connectivity index (χ4v) is 3.36. The quantitative estimate of drug-likeness (QED) is 0.600. The standard InChI is InChI=1S/C15H15NO5S2/c1-21-11-5-2-4-10(17)9(11)8-12-14(20)16(15(22)23-12)7-3-6-13(18)19/h2,4-5,8,17H,3,6-7H2,1H3,(H,18,19). The third-order valence-electron chi connectivity index (χ3n) is 3.18. The molecular formula is C15H15NO5S2. The number of phenols is 1. The van der Waals surface area contributed by atoms with Gasteiger partial charge in [0.2, 0.25) is 0 Å². The summed E-state index contributed by atoms with van der Waals surface area (Å²) in [6.45, 7) is 0.256. The van der Waals surface area contributed by atoms with Gasteiger partial charge in [-0.25, -0.2) is 0 Å². The molecule has 0 unspecified atom stereocenters. The first-order valence-corrected chi connectivity index (χ1v) is 7.99. The Morgan fingerprint density at radius 1 is 1.48 bits per heavy atom. The van der Waals surface area contributed by atoms with Crippen LogP contribution in [0.5, 0.6) is 11.5 Å². The molecule has 1 fully saturated rings. The molecule has 0 saturated carbocycles. The fourth-order valence-electron chi connectivity index (χ4n) is 2.07. The van der Waals surface area contributed by atoms with Crippen molar-refractivity contribution < 1.29 is 24.5 Å². The van der Waals surface area contributed by atoms with Crippen LogP contribution in [0.1, 0.15) is 18.4 Å². The number of thiocarbonyl (C=S) groups is 1. The van der Waals surface area contributed by atoms with Crippen LogP contribution in [0, 0.1) is 0 Å². The second kappa shape index (κ2) is 7.47. The maximum absolute atomic E-state index is 12.4. The topological polar surface area (TPSA) is 87.1 Å². The van der Waals surface area contributed by atoms with Crippen LogP contribution in [-0.4, -0.2) is 45.0 Å². The summed E-state index contributed by atoms with van der Waals surface area (Å²) in [6, 6.07) is 4.82. The Labute approximate surface area is 142 Å². The summed E-state index contributed by atoms with van der Waals surface area (Å²) in [7, 11) is 1.48. The second-order valence-electron chi connectivity index (χ2n) is 4.72. The summed E-state index contributed by atoms with van der Waals surface area (Å²) in [5.74, 6) is -0.762. The van der Waals surface area contributed by atoms with Gasteiger partial charge in [0.1, 0.15) is 15.8 Å². The molecule has 0 radical (unpaired) electrons. The van der Waals surface area contributed by atoms with Gasteiger partial charge < -0.3 is 14.9 Å². The Morgan fingerprint density at radius 2 is 2.22 bits per heavy atom. The van der Waals surface area contributed by atoms with Gasteiger partial charge in [-0.2, -0.15) is 0 Å². The third-order valence-corrected chi connectivity index (χ3v) is 4.56. The van der Waals surface area contributed by atoms with Crippen LogP contribution in [0.15, 0.2) is 23.1 Å². The number of carbonyl (C=O) groups is 2. The van der Waals surface area contributed by atoms with Gasteiger partial charge in [-0.3, -0.25) is 14.5 Å². The van der Waals surface area contributed by atoms with Crippen LogP contribution in [0.25, 0.3) is 6.08 Å². The zero-order valence-corrected chi connectivity index (χ0v) is 13.9. The van der Waals surface area contributed by atoms with Crippen LogP contribution < -0.4 is 4.74 Å². The molecule has 0 aliphatic carbocycles. The molecule has 1 aliphatic heterocycles. The fraction of sp³-hybridized carbons (Fsp3) is 0.267. The predicted molar refractivity (Wildman–Crippen MR) is 91.4 cm³/mol. The van der Waals surface area contributed by atoms with E-state index in [-0.39, 0.29) is 24.6 Å². The molecule has 1 heterocycles. The zero-order chi connectivity index (χ0) is 17.0. The molecule has 1 saturated heterocycles. The van der Waals surface area contributed by atoms with Crippen molar-refractivity contribution in [3.05, 3.63) is 28.7 Å². The summed E-state index contributed by atoms with van der Waals surface area (Å²) in [6.07, 6.45) is 1.84. The van der Waals surface area contributed by atoms with Crippen LogP contribution in [0.2, 0.25) is 0 Å². The van der Waals surface area contributed by atoms with Crippen molar-refractivity contribution in [2.45, 2.75) is 12.8 Å². The monoisotopic (exact) mass is 353 g/mol. The molecule has 1 amide bonds. The summed E-state index contributed by atoms with van der Waals surface area (Å²) in [4.78, 5) is 24.7. The molecule has 2 N–H and O–H groups in total. The molecule has 23 heavy (non-hydrogen) atoms. The highest BCUT2D eigenvalue weighted by atomic mass is 32.2. The van der Waals surface area contributed by atoms with E-state index >= 15 is 0 Å². The van der Waals surface area contributed by atoms with Crippen molar-refractivity contribution in [1.82, 2.24) is 4.90 Å². The molecule has 0 bridgehead atoms. The molecule has 1 aromatic carbocycles. The average Bonchev–Trinajstić information content (AvgIpc) is 2.76. The van der Waals surface area contributed by atoms with Crippen molar-refractivity contribution in [1.29, 1.82) is 0 Å². The second-order valence-corrected chi connectivity index (χ2v) is 6.40. The number of phenolic OH excluding ortho intramolecular Hbond substituents is 1. The minimum atomic E-state index is -0.912. The highest BCUT2D eigenvalue weighted by molar-refractivity contribution is 8.26. The minimum Gasteiger partial charge on any atom is -0.507 e. The molecular weight excluding hydrogens is 338 g/mol. The van der Waals surface area contributed by atoms with E-state index in [0.717, 1.165) is 11.8 Å². The maximum atomic E-state index is 12.4. The van der Waals surface area contributed by atoms with Crippen LogP contribution in [0.3, 0.4) is 0 Å². The van der Waals surface area contributed by atoms with Gasteiger partial charge in [0.25, 0.3) is 5.91 Å². The number of nitrogens with zero attached hydrogens (tertiary/aromatic N) is 1. The van der Waals surface area contributed by atoms with E-state index in [1.807, 2.05) is 0 Å². The van der Waals surface area contributed by atoms with Crippen LogP contribution in [0.4, 0.5) is 0 Å². The highest BCUT2D eigenvalue weighted by Gasteiger charge is 2.32. The number of ether oxygens (including phenoxy) is 1. The number of aliphatic carboxylic acids is 1. The smallest absolute Gasteiger partial charge is 0.303 e. The maximum Gasteiger partial charge on any atom is 0.303 e. The number of thioether (sulfide) groups is 1. The van der Waals surface area contributed by atoms with Gasteiger partial charge >= 0.3 is 5.97 Å². The summed E-state index contributed by atoms with van der Waals surface area (Å²) in [5.41, 5.74) is 0.404. The van der Waals surface area contributed by atoms with Crippen LogP contribution in [-0.2, 0) is 9.59 Å². The van der Waals surface area contributed by atoms with Crippen LogP contribution >= 0.6 is 24.0 Å². The van der Waals surface area contributed by atoms with Crippen molar-refractivity contribution in [2.75, 3.05) is 13.7 Å². The van der Waals surface area contributed by atoms with Gasteiger partial charge in [-0.05, 0) is 24.6 Å². The number of aromatic hydroxyl groups is 1. The number of benzene rings is 1. The third kappa shape index (κ3) is 4.02. The highest BCUT2D eigenvalue weighted by Crippen LogP contribution is 2.37. The predicted octanol–water partition coefficient (Wildman–Crippen LogP) is 2.47. The van der Waals surface area contributed by atoms with Crippen molar-refractivity contribution in [2.24, 2.45) is 0 Å². The lowest BCUT2D eigenvalue weighted by Gasteiger charge is -2.13. The molecule has 8 heteroatoms. The summed E-state index contributed by atoms with van der Waals surface area (Å²) >= 11 is 6.29. The van der Waals surface area contributed by atoms with E-state index in [4.69, 9.17) is 22.1 Å². The molecule has 1 aliphatic rings. The summed E-state index contributed by atoms with van der Waals surface area (Å²) < 4.78 is 5.56. The average molecular weight is 353 g/mol. The molecule has 0 atom stereocenters. The lowest BCUT2D eigenvalue weighted by molar-refractivity contribution is -0.137. The molecule has 122 valence electrons. The number of amides is 1. The molecule has 0 spiro atoms. The first kappa shape index (κ1) is 17.3. The lowest BCUT2D eigenvalue weighted by atomic mass is 10.1. The van der Waals surface area contributed by atoms with Crippen molar-refractivity contribution >= 4 is 46.3 Å². The molecule has 0 aromatic heterocycles. The molecule has 6 nitrogen and oxygen atoms in total. The van der Waals surface area contributed by atoms with Gasteiger partial charge in [0.05, 0.1) is 17.6 Å². The van der Waals surface area contributed by atoms with E-state index in [0.29, 0.717) is 27.0 Å². The number of carboxylic acids is 1. The molecule has 2 rings (SSSR count). The van der Waals surface area contributed by atoms with Gasteiger partial charge in [-0.15, -0.1) is 0 Å². The first-order chi connectivity index (χ1) is 10.9. The number of methoxy groups -OCH3 is 1. The lowest BCUT2D eigenvalue weighted by Crippen LogP contribution is -2.29. The van der Waals surface area contributed by atoms with E-state index in [1.54, 1.807) is 12.1 Å². The van der Waals surface area contributed by atoms with E-state index in [1.165, 1.54) is 24.2 Å². The Bertz CT molecular complexity index is 686. The first-order valence-electron chi connectivity index (χ1n) is 6.77. The number of rotatable bonds is 6. The van der Waals surface area contributed by atoms with Crippen molar-refractivity contribution in [3.8, 4) is 11.5 Å². The van der Waals surface area contributed by atoms with E-state index < -0.39 is 5.97 Å². The number of carboxylic acid groups (broad SMARTS) is 1. The number of carbonyl (C=O) groups excluding carboxylic acids is 1. The van der Waals surface area contributed by atoms with E-state index in [9.17, 15) is 14.7 Å². The Morgan fingerprint density at radius 3 is 2.87 bits per heavy atom. The number of hydrogen-bond acceptors (Lipinski definition) is 6. The Kier molecular flexibility index (Phi) is 5.62. The SMILES string of the molecule is COc1cccc(O)c1C=C1SC(=S)N(CCCC(=O)O)C1=O. The normalized spacial score (nSPS) is 16.2. The van der Waals surface area contributed by atoms with E-state index in [2.05, 4.69) is 0 Å². The summed E-state index contributed by atoms with van der Waals surface area (Å²) in [5, 5.41) is 18.6. The largest absolute Gasteiger partial charge is 0.507 e. The molecule has 1 aromatic rings. The zero-order valence-electron chi connectivity index (χ0n) is 12.3. The minimum absolute atomic E-state index is 0.000459. The van der Waals surface area contributed by atoms with Gasteiger partial charge in [0.15, 0.2) is 0 Å².